The lowest BCUT2D eigenvalue weighted by molar-refractivity contribution is -0.139. The van der Waals surface area contributed by atoms with Crippen molar-refractivity contribution in [1.29, 1.82) is 0 Å². The third-order valence-electron chi connectivity index (χ3n) is 3.13. The van der Waals surface area contributed by atoms with Gasteiger partial charge >= 0.3 is 0 Å². The molecular weight excluding hydrogens is 329 g/mol. The smallest absolute Gasteiger partial charge is 0.257 e. The van der Waals surface area contributed by atoms with Crippen LogP contribution in [0.2, 0.25) is 0 Å². The van der Waals surface area contributed by atoms with Gasteiger partial charge in [-0.2, -0.15) is 0 Å². The summed E-state index contributed by atoms with van der Waals surface area (Å²) in [6.07, 6.45) is -0.443. The Bertz CT molecular complexity index is 521. The number of hydrogen-bond donors (Lipinski definition) is 1. The zero-order valence-corrected chi connectivity index (χ0v) is 13.0. The fourth-order valence-corrected chi connectivity index (χ4v) is 2.71. The molecule has 20 heavy (non-hydrogen) atoms. The van der Waals surface area contributed by atoms with Crippen molar-refractivity contribution in [3.05, 3.63) is 34.1 Å². The summed E-state index contributed by atoms with van der Waals surface area (Å²) >= 11 is 3.16. The zero-order chi connectivity index (χ0) is 14.9. The SMILES string of the molecule is CC1(C)CN(C(=O)c2ccc(Br)cc2F)CC(CO)O1. The molecular formula is C14H17BrFNO3. The Balaban J connectivity index is 2.23. The van der Waals surface area contributed by atoms with Crippen LogP contribution < -0.4 is 0 Å². The summed E-state index contributed by atoms with van der Waals surface area (Å²) in [5.74, 6) is -0.945. The number of hydrogen-bond acceptors (Lipinski definition) is 3. The first-order valence-corrected chi connectivity index (χ1v) is 7.15. The number of rotatable bonds is 2. The number of amides is 1. The molecule has 6 heteroatoms. The number of aliphatic hydroxyl groups excluding tert-OH is 1. The third-order valence-corrected chi connectivity index (χ3v) is 3.63. The zero-order valence-electron chi connectivity index (χ0n) is 11.4. The minimum absolute atomic E-state index is 0.0302. The fourth-order valence-electron chi connectivity index (χ4n) is 2.38. The molecule has 1 amide bonds. The lowest BCUT2D eigenvalue weighted by atomic mass is 10.0. The molecule has 1 unspecified atom stereocenters. The van der Waals surface area contributed by atoms with Crippen molar-refractivity contribution in [3.63, 3.8) is 0 Å². The van der Waals surface area contributed by atoms with E-state index in [4.69, 9.17) is 4.74 Å². The van der Waals surface area contributed by atoms with E-state index >= 15 is 0 Å². The molecule has 0 spiro atoms. The predicted molar refractivity (Wildman–Crippen MR) is 76.0 cm³/mol. The third kappa shape index (κ3) is 3.37. The van der Waals surface area contributed by atoms with Crippen LogP contribution in [0, 0.1) is 5.82 Å². The fraction of sp³-hybridized carbons (Fsp3) is 0.500. The highest BCUT2D eigenvalue weighted by Crippen LogP contribution is 2.24. The summed E-state index contributed by atoms with van der Waals surface area (Å²) in [5.41, 5.74) is -0.532. The molecule has 0 bridgehead atoms. The number of ether oxygens (including phenoxy) is 1. The number of halogens is 2. The lowest BCUT2D eigenvalue weighted by Crippen LogP contribution is -2.55. The number of carbonyl (C=O) groups excluding carboxylic acids is 1. The lowest BCUT2D eigenvalue weighted by Gasteiger charge is -2.42. The van der Waals surface area contributed by atoms with E-state index in [2.05, 4.69) is 15.9 Å². The van der Waals surface area contributed by atoms with E-state index in [1.807, 2.05) is 13.8 Å². The number of aliphatic hydroxyl groups is 1. The molecule has 1 aliphatic rings. The van der Waals surface area contributed by atoms with Crippen molar-refractivity contribution >= 4 is 21.8 Å². The number of nitrogens with zero attached hydrogens (tertiary/aromatic N) is 1. The average Bonchev–Trinajstić information content (AvgIpc) is 2.36. The molecule has 1 N–H and O–H groups in total. The summed E-state index contributed by atoms with van der Waals surface area (Å²) in [4.78, 5) is 13.9. The van der Waals surface area contributed by atoms with Crippen LogP contribution >= 0.6 is 15.9 Å². The van der Waals surface area contributed by atoms with E-state index in [9.17, 15) is 14.3 Å². The Morgan fingerprint density at radius 1 is 1.60 bits per heavy atom. The second-order valence-electron chi connectivity index (χ2n) is 5.49. The van der Waals surface area contributed by atoms with Gasteiger partial charge in [-0.25, -0.2) is 4.39 Å². The van der Waals surface area contributed by atoms with Gasteiger partial charge in [0.1, 0.15) is 5.82 Å². The van der Waals surface area contributed by atoms with Gasteiger partial charge < -0.3 is 14.7 Å². The summed E-state index contributed by atoms with van der Waals surface area (Å²) in [6, 6.07) is 4.35. The predicted octanol–water partition coefficient (Wildman–Crippen LogP) is 2.20. The van der Waals surface area contributed by atoms with Crippen molar-refractivity contribution in [1.82, 2.24) is 4.90 Å². The van der Waals surface area contributed by atoms with Gasteiger partial charge in [-0.3, -0.25) is 4.79 Å². The van der Waals surface area contributed by atoms with Crippen molar-refractivity contribution in [2.75, 3.05) is 19.7 Å². The van der Waals surface area contributed by atoms with E-state index in [0.717, 1.165) is 0 Å². The van der Waals surface area contributed by atoms with Gasteiger partial charge in [0.25, 0.3) is 5.91 Å². The molecule has 0 radical (unpaired) electrons. The number of carbonyl (C=O) groups is 1. The minimum Gasteiger partial charge on any atom is -0.394 e. The normalized spacial score (nSPS) is 21.9. The monoisotopic (exact) mass is 345 g/mol. The molecule has 4 nitrogen and oxygen atoms in total. The Kier molecular flexibility index (Phi) is 4.46. The highest BCUT2D eigenvalue weighted by atomic mass is 79.9. The summed E-state index contributed by atoms with van der Waals surface area (Å²) in [7, 11) is 0. The van der Waals surface area contributed by atoms with Gasteiger partial charge in [-0.15, -0.1) is 0 Å². The molecule has 2 rings (SSSR count). The molecule has 1 fully saturated rings. The van der Waals surface area contributed by atoms with Crippen LogP contribution in [0.4, 0.5) is 4.39 Å². The van der Waals surface area contributed by atoms with Crippen LogP contribution in [-0.2, 0) is 4.74 Å². The molecule has 1 heterocycles. The van der Waals surface area contributed by atoms with E-state index in [1.165, 1.54) is 17.0 Å². The van der Waals surface area contributed by atoms with E-state index in [-0.39, 0.29) is 24.6 Å². The maximum atomic E-state index is 13.9. The van der Waals surface area contributed by atoms with Crippen molar-refractivity contribution in [3.8, 4) is 0 Å². The standard InChI is InChI=1S/C14H17BrFNO3/c1-14(2)8-17(6-10(7-18)20-14)13(19)11-4-3-9(15)5-12(11)16/h3-5,10,18H,6-8H2,1-2H3. The first-order valence-electron chi connectivity index (χ1n) is 6.35. The van der Waals surface area contributed by atoms with Crippen molar-refractivity contribution < 1.29 is 19.0 Å². The molecule has 1 aliphatic heterocycles. The van der Waals surface area contributed by atoms with E-state index < -0.39 is 17.5 Å². The maximum absolute atomic E-state index is 13.9. The number of benzene rings is 1. The van der Waals surface area contributed by atoms with Crippen molar-refractivity contribution in [2.45, 2.75) is 25.6 Å². The van der Waals surface area contributed by atoms with Crippen LogP contribution in [0.1, 0.15) is 24.2 Å². The largest absolute Gasteiger partial charge is 0.394 e. The van der Waals surface area contributed by atoms with Crippen LogP contribution in [0.15, 0.2) is 22.7 Å². The van der Waals surface area contributed by atoms with Gasteiger partial charge in [0.2, 0.25) is 0 Å². The van der Waals surface area contributed by atoms with Crippen molar-refractivity contribution in [2.24, 2.45) is 0 Å². The summed E-state index contributed by atoms with van der Waals surface area (Å²) in [5, 5.41) is 9.24. The van der Waals surface area contributed by atoms with Crippen LogP contribution in [-0.4, -0.2) is 47.3 Å². The molecule has 110 valence electrons. The van der Waals surface area contributed by atoms with Crippen LogP contribution in [0.5, 0.6) is 0 Å². The van der Waals surface area contributed by atoms with E-state index in [1.54, 1.807) is 6.07 Å². The average molecular weight is 346 g/mol. The Labute approximate surface area is 125 Å². The molecule has 0 aromatic heterocycles. The van der Waals surface area contributed by atoms with Gasteiger partial charge in [-0.1, -0.05) is 15.9 Å². The first-order chi connectivity index (χ1) is 9.32. The second-order valence-corrected chi connectivity index (χ2v) is 6.41. The number of morpholine rings is 1. The Morgan fingerprint density at radius 2 is 2.30 bits per heavy atom. The second kappa shape index (κ2) is 5.79. The highest BCUT2D eigenvalue weighted by molar-refractivity contribution is 9.10. The van der Waals surface area contributed by atoms with Gasteiger partial charge in [0.15, 0.2) is 0 Å². The molecule has 1 aromatic carbocycles. The van der Waals surface area contributed by atoms with Crippen LogP contribution in [0.25, 0.3) is 0 Å². The maximum Gasteiger partial charge on any atom is 0.257 e. The first kappa shape index (κ1) is 15.4. The quantitative estimate of drug-likeness (QED) is 0.893. The highest BCUT2D eigenvalue weighted by Gasteiger charge is 2.36. The molecule has 1 saturated heterocycles. The minimum atomic E-state index is -0.562. The molecule has 0 saturated carbocycles. The molecule has 1 atom stereocenters. The van der Waals surface area contributed by atoms with Gasteiger partial charge in [0, 0.05) is 17.6 Å². The topological polar surface area (TPSA) is 49.8 Å². The molecule has 1 aromatic rings. The van der Waals surface area contributed by atoms with Crippen LogP contribution in [0.3, 0.4) is 0 Å². The van der Waals surface area contributed by atoms with Gasteiger partial charge in [0.05, 0.1) is 23.9 Å². The van der Waals surface area contributed by atoms with Gasteiger partial charge in [-0.05, 0) is 32.0 Å². The molecule has 0 aliphatic carbocycles. The Morgan fingerprint density at radius 3 is 2.90 bits per heavy atom. The summed E-state index contributed by atoms with van der Waals surface area (Å²) < 4.78 is 20.1. The summed E-state index contributed by atoms with van der Waals surface area (Å²) in [6.45, 7) is 4.13. The van der Waals surface area contributed by atoms with E-state index in [0.29, 0.717) is 11.0 Å². The Hall–Kier alpha value is -0.980.